The van der Waals surface area contributed by atoms with Gasteiger partial charge in [0.25, 0.3) is 0 Å². The molecule has 7 nitrogen and oxygen atoms in total. The van der Waals surface area contributed by atoms with Gasteiger partial charge in [0.1, 0.15) is 11.6 Å². The Kier molecular flexibility index (Phi) is 10.3. The molecule has 30 heavy (non-hydrogen) atoms. The lowest BCUT2D eigenvalue weighted by Gasteiger charge is -2.29. The Morgan fingerprint density at radius 3 is 2.23 bits per heavy atom. The quantitative estimate of drug-likeness (QED) is 0.540. The van der Waals surface area contributed by atoms with Crippen LogP contribution in [0.3, 0.4) is 0 Å². The first-order valence-electron chi connectivity index (χ1n) is 10.6. The number of ether oxygens (including phenoxy) is 1. The molecular weight excluding hydrogens is 382 g/mol. The van der Waals surface area contributed by atoms with Gasteiger partial charge in [-0.05, 0) is 45.6 Å². The standard InChI is InChI=1S/C23H39N3O4/c1-16(2)15-26(7)21(28)20(17(3)27)24-14-19(13-18-11-9-8-10-12-18)25-22(29)30-23(4,5)6/h8-12,16-17,19-20,24,27H,13-15H2,1-7H3,(H,25,29)/t17-,19-,20-/m0/s1. The minimum atomic E-state index is -0.869. The number of likely N-dealkylation sites (N-methyl/N-ethyl adjacent to an activating group) is 1. The molecule has 0 spiro atoms. The van der Waals surface area contributed by atoms with Crippen LogP contribution in [0.5, 0.6) is 0 Å². The van der Waals surface area contributed by atoms with Gasteiger partial charge in [0.15, 0.2) is 0 Å². The molecule has 0 aliphatic heterocycles. The number of alkyl carbamates (subject to hydrolysis) is 1. The fourth-order valence-corrected chi connectivity index (χ4v) is 3.16. The molecule has 3 N–H and O–H groups in total. The van der Waals surface area contributed by atoms with Crippen molar-refractivity contribution in [3.63, 3.8) is 0 Å². The Balaban J connectivity index is 2.86. The van der Waals surface area contributed by atoms with Crippen molar-refractivity contribution in [1.29, 1.82) is 0 Å². The number of carbonyl (C=O) groups excluding carboxylic acids is 2. The lowest BCUT2D eigenvalue weighted by Crippen LogP contribution is -2.55. The average Bonchev–Trinajstić information content (AvgIpc) is 2.59. The number of nitrogens with zero attached hydrogens (tertiary/aromatic N) is 1. The summed E-state index contributed by atoms with van der Waals surface area (Å²) in [5.74, 6) is 0.155. The Hall–Kier alpha value is -2.12. The molecular formula is C23H39N3O4. The van der Waals surface area contributed by atoms with Gasteiger partial charge in [-0.15, -0.1) is 0 Å². The van der Waals surface area contributed by atoms with Crippen molar-refractivity contribution in [3.8, 4) is 0 Å². The molecule has 1 aromatic carbocycles. The largest absolute Gasteiger partial charge is 0.444 e. The van der Waals surface area contributed by atoms with E-state index < -0.39 is 23.8 Å². The maximum absolute atomic E-state index is 12.8. The highest BCUT2D eigenvalue weighted by Crippen LogP contribution is 2.09. The Bertz CT molecular complexity index is 656. The van der Waals surface area contributed by atoms with Crippen LogP contribution in [0, 0.1) is 5.92 Å². The molecule has 0 bridgehead atoms. The predicted molar refractivity (Wildman–Crippen MR) is 119 cm³/mol. The fraction of sp³-hybridized carbons (Fsp3) is 0.652. The van der Waals surface area contributed by atoms with E-state index in [-0.39, 0.29) is 11.9 Å². The second-order valence-electron chi connectivity index (χ2n) is 9.27. The summed E-state index contributed by atoms with van der Waals surface area (Å²) >= 11 is 0. The van der Waals surface area contributed by atoms with Crippen molar-refractivity contribution in [2.75, 3.05) is 20.1 Å². The van der Waals surface area contributed by atoms with Gasteiger partial charge in [-0.1, -0.05) is 44.2 Å². The third-order valence-electron chi connectivity index (χ3n) is 4.39. The van der Waals surface area contributed by atoms with E-state index in [1.807, 2.05) is 65.0 Å². The normalized spacial score (nSPS) is 14.7. The molecule has 0 fully saturated rings. The molecule has 0 heterocycles. The average molecular weight is 422 g/mol. The van der Waals surface area contributed by atoms with Gasteiger partial charge in [0.05, 0.1) is 6.10 Å². The minimum absolute atomic E-state index is 0.172. The SMILES string of the molecule is CC(C)CN(C)C(=O)[C@@H](NC[C@H](Cc1ccccc1)NC(=O)OC(C)(C)C)[C@H](C)O. The summed E-state index contributed by atoms with van der Waals surface area (Å²) in [4.78, 5) is 26.7. The van der Waals surface area contributed by atoms with Crippen LogP contribution >= 0.6 is 0 Å². The van der Waals surface area contributed by atoms with Crippen LogP contribution in [0.1, 0.15) is 47.1 Å². The summed E-state index contributed by atoms with van der Waals surface area (Å²) in [6.07, 6.45) is -0.816. The summed E-state index contributed by atoms with van der Waals surface area (Å²) < 4.78 is 5.39. The molecule has 0 saturated heterocycles. The van der Waals surface area contributed by atoms with Crippen LogP contribution in [0.15, 0.2) is 30.3 Å². The number of rotatable bonds is 10. The first-order valence-corrected chi connectivity index (χ1v) is 10.6. The Morgan fingerprint density at radius 2 is 1.73 bits per heavy atom. The number of benzene rings is 1. The van der Waals surface area contributed by atoms with E-state index in [9.17, 15) is 14.7 Å². The molecule has 0 unspecified atom stereocenters. The first kappa shape index (κ1) is 25.9. The molecule has 3 atom stereocenters. The Labute approximate surface area is 181 Å². The number of hydrogen-bond donors (Lipinski definition) is 3. The van der Waals surface area contributed by atoms with Crippen LogP contribution in [-0.2, 0) is 16.0 Å². The maximum Gasteiger partial charge on any atom is 0.407 e. The molecule has 2 amide bonds. The van der Waals surface area contributed by atoms with Gasteiger partial charge in [0, 0.05) is 26.2 Å². The van der Waals surface area contributed by atoms with Crippen molar-refractivity contribution >= 4 is 12.0 Å². The third-order valence-corrected chi connectivity index (χ3v) is 4.39. The molecule has 0 radical (unpaired) electrons. The highest BCUT2D eigenvalue weighted by molar-refractivity contribution is 5.82. The molecule has 1 rings (SSSR count). The fourth-order valence-electron chi connectivity index (χ4n) is 3.16. The zero-order valence-corrected chi connectivity index (χ0v) is 19.4. The number of nitrogens with one attached hydrogen (secondary N) is 2. The van der Waals surface area contributed by atoms with E-state index >= 15 is 0 Å². The van der Waals surface area contributed by atoms with E-state index in [2.05, 4.69) is 10.6 Å². The third kappa shape index (κ3) is 10.1. The van der Waals surface area contributed by atoms with Crippen molar-refractivity contribution < 1.29 is 19.4 Å². The van der Waals surface area contributed by atoms with Crippen molar-refractivity contribution in [2.24, 2.45) is 5.92 Å². The van der Waals surface area contributed by atoms with Crippen LogP contribution in [0.4, 0.5) is 4.79 Å². The number of amides is 2. The molecule has 0 aliphatic carbocycles. The van der Waals surface area contributed by atoms with Gasteiger partial charge in [-0.2, -0.15) is 0 Å². The summed E-state index contributed by atoms with van der Waals surface area (Å²) in [6.45, 7) is 12.0. The van der Waals surface area contributed by atoms with E-state index in [0.717, 1.165) is 5.56 Å². The molecule has 0 aromatic heterocycles. The Morgan fingerprint density at radius 1 is 1.13 bits per heavy atom. The number of hydrogen-bond acceptors (Lipinski definition) is 5. The van der Waals surface area contributed by atoms with Crippen LogP contribution in [0.2, 0.25) is 0 Å². The van der Waals surface area contributed by atoms with E-state index in [1.54, 1.807) is 18.9 Å². The van der Waals surface area contributed by atoms with Crippen LogP contribution in [0.25, 0.3) is 0 Å². The molecule has 1 aromatic rings. The number of carbonyl (C=O) groups is 2. The summed E-state index contributed by atoms with van der Waals surface area (Å²) in [5.41, 5.74) is 0.448. The first-order chi connectivity index (χ1) is 13.9. The predicted octanol–water partition coefficient (Wildman–Crippen LogP) is 2.58. The highest BCUT2D eigenvalue weighted by Gasteiger charge is 2.28. The van der Waals surface area contributed by atoms with Gasteiger partial charge in [0.2, 0.25) is 5.91 Å². The lowest BCUT2D eigenvalue weighted by molar-refractivity contribution is -0.135. The monoisotopic (exact) mass is 421 g/mol. The van der Waals surface area contributed by atoms with Crippen LogP contribution < -0.4 is 10.6 Å². The molecule has 0 saturated carbocycles. The van der Waals surface area contributed by atoms with Crippen molar-refractivity contribution in [1.82, 2.24) is 15.5 Å². The lowest BCUT2D eigenvalue weighted by atomic mass is 10.0. The van der Waals surface area contributed by atoms with Gasteiger partial charge < -0.3 is 25.4 Å². The summed E-state index contributed by atoms with van der Waals surface area (Å²) in [5, 5.41) is 16.2. The number of aliphatic hydroxyl groups excluding tert-OH is 1. The highest BCUT2D eigenvalue weighted by atomic mass is 16.6. The smallest absolute Gasteiger partial charge is 0.407 e. The second-order valence-corrected chi connectivity index (χ2v) is 9.27. The molecule has 7 heteroatoms. The van der Waals surface area contributed by atoms with Gasteiger partial charge in [-0.3, -0.25) is 4.79 Å². The number of aliphatic hydroxyl groups is 1. The summed E-state index contributed by atoms with van der Waals surface area (Å²) in [6, 6.07) is 8.71. The van der Waals surface area contributed by atoms with Gasteiger partial charge in [-0.25, -0.2) is 4.79 Å². The van der Waals surface area contributed by atoms with Crippen molar-refractivity contribution in [3.05, 3.63) is 35.9 Å². The van der Waals surface area contributed by atoms with E-state index in [1.165, 1.54) is 0 Å². The topological polar surface area (TPSA) is 90.9 Å². The molecule has 0 aliphatic rings. The molecule has 170 valence electrons. The second kappa shape index (κ2) is 11.9. The van der Waals surface area contributed by atoms with Crippen molar-refractivity contribution in [2.45, 2.75) is 71.8 Å². The zero-order chi connectivity index (χ0) is 22.9. The summed E-state index contributed by atoms with van der Waals surface area (Å²) in [7, 11) is 1.74. The van der Waals surface area contributed by atoms with Crippen LogP contribution in [-0.4, -0.2) is 65.9 Å². The zero-order valence-electron chi connectivity index (χ0n) is 19.4. The van der Waals surface area contributed by atoms with Gasteiger partial charge >= 0.3 is 6.09 Å². The van der Waals surface area contributed by atoms with E-state index in [0.29, 0.717) is 25.4 Å². The minimum Gasteiger partial charge on any atom is -0.444 e. The van der Waals surface area contributed by atoms with E-state index in [4.69, 9.17) is 4.74 Å². The maximum atomic E-state index is 12.8.